The van der Waals surface area contributed by atoms with E-state index in [1.165, 1.54) is 0 Å². The van der Waals surface area contributed by atoms with Crippen LogP contribution in [0, 0.1) is 0 Å². The molecule has 0 radical (unpaired) electrons. The number of hydrogen-bond acceptors (Lipinski definition) is 4. The van der Waals surface area contributed by atoms with Crippen LogP contribution in [0.3, 0.4) is 0 Å². The van der Waals surface area contributed by atoms with E-state index in [1.807, 2.05) is 49.3 Å². The van der Waals surface area contributed by atoms with Crippen LogP contribution in [-0.2, 0) is 16.1 Å². The van der Waals surface area contributed by atoms with Crippen LogP contribution in [0.25, 0.3) is 0 Å². The zero-order chi connectivity index (χ0) is 20.6. The maximum atomic E-state index is 13.2. The van der Waals surface area contributed by atoms with Gasteiger partial charge in [-0.25, -0.2) is 0 Å². The van der Waals surface area contributed by atoms with E-state index >= 15 is 0 Å². The van der Waals surface area contributed by atoms with Gasteiger partial charge >= 0.3 is 0 Å². The van der Waals surface area contributed by atoms with Crippen molar-refractivity contribution in [2.45, 2.75) is 25.5 Å². The first-order chi connectivity index (χ1) is 14.0. The Hall–Kier alpha value is -2.70. The summed E-state index contributed by atoms with van der Waals surface area (Å²) in [5.74, 6) is -0.204. The Kier molecular flexibility index (Phi) is 7.38. The average Bonchev–Trinajstić information content (AvgIpc) is 3.26. The summed E-state index contributed by atoms with van der Waals surface area (Å²) in [6, 6.07) is 17.1. The molecule has 2 amide bonds. The van der Waals surface area contributed by atoms with Crippen LogP contribution in [0.5, 0.6) is 0 Å². The summed E-state index contributed by atoms with van der Waals surface area (Å²) in [5.41, 5.74) is 2.26. The first-order valence-corrected chi connectivity index (χ1v) is 10.0. The summed E-state index contributed by atoms with van der Waals surface area (Å²) in [6.45, 7) is 2.55. The number of ether oxygens (including phenoxy) is 1. The molecule has 3 rings (SSSR count). The molecule has 1 atom stereocenters. The molecule has 29 heavy (non-hydrogen) atoms. The molecule has 1 aliphatic rings. The van der Waals surface area contributed by atoms with Crippen LogP contribution >= 0.6 is 0 Å². The van der Waals surface area contributed by atoms with Gasteiger partial charge in [0.2, 0.25) is 0 Å². The molecule has 0 aromatic heterocycles. The van der Waals surface area contributed by atoms with Gasteiger partial charge in [0, 0.05) is 37.5 Å². The highest BCUT2D eigenvalue weighted by Gasteiger charge is 2.24. The lowest BCUT2D eigenvalue weighted by atomic mass is 10.1. The minimum absolute atomic E-state index is 0.0519. The lowest BCUT2D eigenvalue weighted by Crippen LogP contribution is -2.36. The van der Waals surface area contributed by atoms with Gasteiger partial charge in [-0.15, -0.1) is 0 Å². The molecule has 1 N–H and O–H groups in total. The maximum Gasteiger partial charge on any atom is 0.254 e. The average molecular weight is 396 g/mol. The maximum absolute atomic E-state index is 13.2. The molecule has 0 aliphatic carbocycles. The number of hydrogen-bond donors (Lipinski definition) is 1. The largest absolute Gasteiger partial charge is 0.368 e. The summed E-state index contributed by atoms with van der Waals surface area (Å²) in [5, 5.41) is 2.88. The van der Waals surface area contributed by atoms with Gasteiger partial charge in [0.1, 0.15) is 6.10 Å². The molecule has 0 spiro atoms. The molecule has 1 aliphatic heterocycles. The first kappa shape index (κ1) is 21.0. The Bertz CT molecular complexity index is 817. The number of carbonyl (C=O) groups is 2. The van der Waals surface area contributed by atoms with Crippen LogP contribution in [0.4, 0.5) is 5.69 Å². The zero-order valence-corrected chi connectivity index (χ0v) is 17.1. The first-order valence-electron chi connectivity index (χ1n) is 10.0. The fourth-order valence-electron chi connectivity index (χ4n) is 3.30. The molecule has 0 saturated carbocycles. The van der Waals surface area contributed by atoms with Crippen molar-refractivity contribution in [1.82, 2.24) is 9.80 Å². The van der Waals surface area contributed by atoms with Crippen LogP contribution in [0.2, 0.25) is 0 Å². The van der Waals surface area contributed by atoms with Crippen molar-refractivity contribution in [2.75, 3.05) is 39.1 Å². The molecular formula is C23H29N3O3. The molecule has 1 saturated heterocycles. The fourth-order valence-corrected chi connectivity index (χ4v) is 3.30. The van der Waals surface area contributed by atoms with Crippen molar-refractivity contribution < 1.29 is 14.3 Å². The number of benzene rings is 2. The predicted molar refractivity (Wildman–Crippen MR) is 114 cm³/mol. The minimum atomic E-state index is -0.399. The van der Waals surface area contributed by atoms with E-state index in [0.717, 1.165) is 24.9 Å². The number of nitrogens with zero attached hydrogens (tertiary/aromatic N) is 2. The van der Waals surface area contributed by atoms with Gasteiger partial charge in [-0.1, -0.05) is 36.4 Å². The number of rotatable bonds is 8. The van der Waals surface area contributed by atoms with Crippen LogP contribution < -0.4 is 5.32 Å². The summed E-state index contributed by atoms with van der Waals surface area (Å²) in [4.78, 5) is 29.4. The van der Waals surface area contributed by atoms with Gasteiger partial charge in [-0.05, 0) is 50.7 Å². The summed E-state index contributed by atoms with van der Waals surface area (Å²) < 4.78 is 5.43. The predicted octanol–water partition coefficient (Wildman–Crippen LogP) is 3.01. The van der Waals surface area contributed by atoms with E-state index < -0.39 is 6.10 Å². The van der Waals surface area contributed by atoms with Gasteiger partial charge in [0.15, 0.2) is 0 Å². The van der Waals surface area contributed by atoms with Gasteiger partial charge in [-0.2, -0.15) is 0 Å². The molecule has 1 unspecified atom stereocenters. The quantitative estimate of drug-likeness (QED) is 0.746. The molecule has 1 fully saturated rings. The molecular weight excluding hydrogens is 366 g/mol. The monoisotopic (exact) mass is 395 g/mol. The van der Waals surface area contributed by atoms with Crippen LogP contribution in [0.15, 0.2) is 54.6 Å². The Labute approximate surface area is 172 Å². The Balaban J connectivity index is 1.72. The van der Waals surface area contributed by atoms with Crippen molar-refractivity contribution in [3.63, 3.8) is 0 Å². The SMILES string of the molecule is CN(C)CCN(Cc1ccccc1)C(=O)c1cccc(NC(=O)C2CCCO2)c1. The van der Waals surface area contributed by atoms with Crippen LogP contribution in [-0.4, -0.2) is 61.5 Å². The second kappa shape index (κ2) is 10.2. The molecule has 154 valence electrons. The third-order valence-electron chi connectivity index (χ3n) is 4.92. The Morgan fingerprint density at radius 3 is 2.55 bits per heavy atom. The zero-order valence-electron chi connectivity index (χ0n) is 17.1. The fraction of sp³-hybridized carbons (Fsp3) is 0.391. The second-order valence-corrected chi connectivity index (χ2v) is 7.59. The van der Waals surface area contributed by atoms with Crippen molar-refractivity contribution in [3.8, 4) is 0 Å². The van der Waals surface area contributed by atoms with E-state index in [9.17, 15) is 9.59 Å². The lowest BCUT2D eigenvalue weighted by Gasteiger charge is -2.25. The Morgan fingerprint density at radius 1 is 1.07 bits per heavy atom. The van der Waals surface area contributed by atoms with E-state index in [1.54, 1.807) is 24.3 Å². The second-order valence-electron chi connectivity index (χ2n) is 7.59. The van der Waals surface area contributed by atoms with Gasteiger partial charge in [0.25, 0.3) is 11.8 Å². The van der Waals surface area contributed by atoms with E-state index in [2.05, 4.69) is 10.2 Å². The summed E-state index contributed by atoms with van der Waals surface area (Å²) in [7, 11) is 3.98. The van der Waals surface area contributed by atoms with Gasteiger partial charge in [-0.3, -0.25) is 9.59 Å². The molecule has 6 heteroatoms. The minimum Gasteiger partial charge on any atom is -0.368 e. The Morgan fingerprint density at radius 2 is 1.86 bits per heavy atom. The van der Waals surface area contributed by atoms with Gasteiger partial charge < -0.3 is 19.9 Å². The van der Waals surface area contributed by atoms with E-state index in [0.29, 0.717) is 30.9 Å². The van der Waals surface area contributed by atoms with E-state index in [4.69, 9.17) is 4.74 Å². The molecule has 2 aromatic rings. The van der Waals surface area contributed by atoms with Crippen molar-refractivity contribution in [3.05, 3.63) is 65.7 Å². The standard InChI is InChI=1S/C23H29N3O3/c1-25(2)13-14-26(17-18-8-4-3-5-9-18)23(28)19-10-6-11-20(16-19)24-22(27)21-12-7-15-29-21/h3-6,8-11,16,21H,7,12-15,17H2,1-2H3,(H,24,27). The third kappa shape index (κ3) is 6.14. The highest BCUT2D eigenvalue weighted by molar-refractivity contribution is 5.98. The van der Waals surface area contributed by atoms with Crippen LogP contribution in [0.1, 0.15) is 28.8 Å². The number of amides is 2. The summed E-state index contributed by atoms with van der Waals surface area (Å²) >= 11 is 0. The molecule has 1 heterocycles. The number of anilines is 1. The van der Waals surface area contributed by atoms with Crippen molar-refractivity contribution in [1.29, 1.82) is 0 Å². The number of nitrogens with one attached hydrogen (secondary N) is 1. The lowest BCUT2D eigenvalue weighted by molar-refractivity contribution is -0.124. The summed E-state index contributed by atoms with van der Waals surface area (Å²) in [6.07, 6.45) is 1.24. The topological polar surface area (TPSA) is 61.9 Å². The molecule has 6 nitrogen and oxygen atoms in total. The normalized spacial score (nSPS) is 16.0. The number of carbonyl (C=O) groups excluding carboxylic acids is 2. The van der Waals surface area contributed by atoms with Crippen molar-refractivity contribution in [2.24, 2.45) is 0 Å². The molecule has 2 aromatic carbocycles. The van der Waals surface area contributed by atoms with E-state index in [-0.39, 0.29) is 11.8 Å². The molecule has 0 bridgehead atoms. The van der Waals surface area contributed by atoms with Gasteiger partial charge in [0.05, 0.1) is 0 Å². The third-order valence-corrected chi connectivity index (χ3v) is 4.92. The smallest absolute Gasteiger partial charge is 0.254 e. The van der Waals surface area contributed by atoms with Crippen molar-refractivity contribution >= 4 is 17.5 Å². The highest BCUT2D eigenvalue weighted by atomic mass is 16.5. The number of likely N-dealkylation sites (N-methyl/N-ethyl adjacent to an activating group) is 1. The highest BCUT2D eigenvalue weighted by Crippen LogP contribution is 2.18.